The molecule has 0 saturated carbocycles. The molecular weight excluding hydrogens is 160 g/mol. The van der Waals surface area contributed by atoms with E-state index in [1.54, 1.807) is 5.20 Å². The van der Waals surface area contributed by atoms with Crippen LogP contribution in [0.15, 0.2) is 22.4 Å². The largest absolute Gasteiger partial charge is 0.0775 e. The fourth-order valence-corrected chi connectivity index (χ4v) is 3.62. The van der Waals surface area contributed by atoms with E-state index in [2.05, 4.69) is 53.4 Å². The standard InChI is InChI=1S/C11H22Si/c1-9(2)8-11(10(3)4)12(5,6)7/h8H,1-7H3. The van der Waals surface area contributed by atoms with Crippen LogP contribution in [0, 0.1) is 0 Å². The van der Waals surface area contributed by atoms with Gasteiger partial charge in [-0.1, -0.05) is 42.1 Å². The summed E-state index contributed by atoms with van der Waals surface area (Å²) in [6.45, 7) is 16.0. The van der Waals surface area contributed by atoms with Crippen molar-refractivity contribution >= 4 is 8.07 Å². The topological polar surface area (TPSA) is 0 Å². The normalized spacial score (nSPS) is 10.9. The lowest BCUT2D eigenvalue weighted by Crippen LogP contribution is -2.23. The van der Waals surface area contributed by atoms with Gasteiger partial charge in [-0.25, -0.2) is 0 Å². The summed E-state index contributed by atoms with van der Waals surface area (Å²) in [6.07, 6.45) is 2.35. The summed E-state index contributed by atoms with van der Waals surface area (Å²) in [5.74, 6) is 0. The lowest BCUT2D eigenvalue weighted by atomic mass is 10.2. The van der Waals surface area contributed by atoms with Gasteiger partial charge in [0.1, 0.15) is 0 Å². The summed E-state index contributed by atoms with van der Waals surface area (Å²) in [6, 6.07) is 0. The maximum absolute atomic E-state index is 2.40. The molecule has 0 aliphatic carbocycles. The van der Waals surface area contributed by atoms with Gasteiger partial charge in [0.2, 0.25) is 0 Å². The second-order valence-corrected chi connectivity index (χ2v) is 9.92. The zero-order valence-electron chi connectivity index (χ0n) is 9.58. The molecule has 0 atom stereocenters. The lowest BCUT2D eigenvalue weighted by Gasteiger charge is -2.20. The molecule has 0 aliphatic rings. The first-order valence-corrected chi connectivity index (χ1v) is 8.08. The van der Waals surface area contributed by atoms with Gasteiger partial charge < -0.3 is 0 Å². The van der Waals surface area contributed by atoms with Crippen LogP contribution < -0.4 is 0 Å². The van der Waals surface area contributed by atoms with E-state index in [-0.39, 0.29) is 0 Å². The van der Waals surface area contributed by atoms with E-state index in [4.69, 9.17) is 0 Å². The third-order valence-electron chi connectivity index (χ3n) is 1.78. The van der Waals surface area contributed by atoms with Crippen LogP contribution in [-0.4, -0.2) is 8.07 Å². The minimum Gasteiger partial charge on any atom is -0.0772 e. The first-order chi connectivity index (χ1) is 5.25. The molecule has 0 N–H and O–H groups in total. The van der Waals surface area contributed by atoms with Crippen molar-refractivity contribution in [2.24, 2.45) is 0 Å². The molecule has 0 radical (unpaired) electrons. The molecule has 0 aromatic rings. The van der Waals surface area contributed by atoms with Crippen molar-refractivity contribution in [1.29, 1.82) is 0 Å². The molecule has 70 valence electrons. The molecule has 12 heavy (non-hydrogen) atoms. The SMILES string of the molecule is CC(C)=CC(=C(C)C)[Si](C)(C)C. The molecule has 0 bridgehead atoms. The van der Waals surface area contributed by atoms with Crippen molar-refractivity contribution in [2.45, 2.75) is 47.3 Å². The minimum absolute atomic E-state index is 1.11. The molecule has 0 spiro atoms. The van der Waals surface area contributed by atoms with Gasteiger partial charge in [0.05, 0.1) is 8.07 Å². The maximum atomic E-state index is 2.40. The Morgan fingerprint density at radius 3 is 1.42 bits per heavy atom. The first kappa shape index (κ1) is 11.7. The van der Waals surface area contributed by atoms with Crippen molar-refractivity contribution in [3.05, 3.63) is 22.4 Å². The third kappa shape index (κ3) is 3.91. The second kappa shape index (κ2) is 4.08. The Balaban J connectivity index is 4.99. The Morgan fingerprint density at radius 2 is 1.33 bits per heavy atom. The highest BCUT2D eigenvalue weighted by molar-refractivity contribution is 6.83. The highest BCUT2D eigenvalue weighted by Gasteiger charge is 2.18. The Kier molecular flexibility index (Phi) is 3.98. The Bertz CT molecular complexity index is 206. The van der Waals surface area contributed by atoms with Gasteiger partial charge in [0.15, 0.2) is 0 Å². The smallest absolute Gasteiger partial charge is 0.0772 e. The monoisotopic (exact) mass is 182 g/mol. The average molecular weight is 182 g/mol. The van der Waals surface area contributed by atoms with Crippen molar-refractivity contribution in [3.63, 3.8) is 0 Å². The van der Waals surface area contributed by atoms with Gasteiger partial charge in [-0.15, -0.1) is 0 Å². The van der Waals surface area contributed by atoms with E-state index in [0.717, 1.165) is 0 Å². The van der Waals surface area contributed by atoms with Crippen molar-refractivity contribution in [2.75, 3.05) is 0 Å². The molecule has 0 unspecified atom stereocenters. The van der Waals surface area contributed by atoms with E-state index in [0.29, 0.717) is 0 Å². The average Bonchev–Trinajstić information content (AvgIpc) is 1.79. The lowest BCUT2D eigenvalue weighted by molar-refractivity contribution is 1.31. The van der Waals surface area contributed by atoms with E-state index in [1.165, 1.54) is 11.1 Å². The molecule has 0 rings (SSSR count). The molecule has 0 fully saturated rings. The Morgan fingerprint density at radius 1 is 0.917 bits per heavy atom. The molecule has 0 amide bonds. The van der Waals surface area contributed by atoms with Crippen LogP contribution in [0.4, 0.5) is 0 Å². The van der Waals surface area contributed by atoms with Gasteiger partial charge in [-0.3, -0.25) is 0 Å². The quantitative estimate of drug-likeness (QED) is 0.444. The summed E-state index contributed by atoms with van der Waals surface area (Å²) in [5.41, 5.74) is 2.89. The zero-order chi connectivity index (χ0) is 9.94. The van der Waals surface area contributed by atoms with Crippen LogP contribution in [0.5, 0.6) is 0 Å². The summed E-state index contributed by atoms with van der Waals surface area (Å²) >= 11 is 0. The van der Waals surface area contributed by atoms with Crippen molar-refractivity contribution in [1.82, 2.24) is 0 Å². The number of rotatable bonds is 2. The van der Waals surface area contributed by atoms with E-state index in [1.807, 2.05) is 0 Å². The second-order valence-electron chi connectivity index (χ2n) is 4.89. The summed E-state index contributed by atoms with van der Waals surface area (Å²) in [7, 11) is -1.11. The molecule has 0 saturated heterocycles. The van der Waals surface area contributed by atoms with Crippen LogP contribution in [0.1, 0.15) is 27.7 Å². The van der Waals surface area contributed by atoms with E-state index in [9.17, 15) is 0 Å². The molecular formula is C11H22Si. The van der Waals surface area contributed by atoms with Crippen molar-refractivity contribution in [3.8, 4) is 0 Å². The van der Waals surface area contributed by atoms with E-state index < -0.39 is 8.07 Å². The highest BCUT2D eigenvalue weighted by Crippen LogP contribution is 2.20. The van der Waals surface area contributed by atoms with Gasteiger partial charge in [-0.2, -0.15) is 0 Å². The van der Waals surface area contributed by atoms with Gasteiger partial charge in [0.25, 0.3) is 0 Å². The van der Waals surface area contributed by atoms with Crippen LogP contribution >= 0.6 is 0 Å². The van der Waals surface area contributed by atoms with Gasteiger partial charge in [0, 0.05) is 0 Å². The summed E-state index contributed by atoms with van der Waals surface area (Å²) in [5, 5.41) is 1.60. The van der Waals surface area contributed by atoms with Crippen LogP contribution in [0.3, 0.4) is 0 Å². The van der Waals surface area contributed by atoms with Crippen LogP contribution in [0.2, 0.25) is 19.6 Å². The molecule has 0 heterocycles. The Labute approximate surface area is 78.4 Å². The van der Waals surface area contributed by atoms with Gasteiger partial charge >= 0.3 is 0 Å². The maximum Gasteiger partial charge on any atom is 0.0775 e. The fraction of sp³-hybridized carbons (Fsp3) is 0.636. The van der Waals surface area contributed by atoms with Crippen LogP contribution in [-0.2, 0) is 0 Å². The third-order valence-corrected chi connectivity index (χ3v) is 4.04. The highest BCUT2D eigenvalue weighted by atomic mass is 28.3. The first-order valence-electron chi connectivity index (χ1n) is 4.58. The number of hydrogen-bond donors (Lipinski definition) is 0. The number of allylic oxidation sites excluding steroid dienone is 4. The molecule has 0 aromatic heterocycles. The molecule has 0 nitrogen and oxygen atoms in total. The summed E-state index contributed by atoms with van der Waals surface area (Å²) in [4.78, 5) is 0. The predicted octanol–water partition coefficient (Wildman–Crippen LogP) is 4.17. The Hall–Kier alpha value is -0.303. The zero-order valence-corrected chi connectivity index (χ0v) is 10.6. The minimum atomic E-state index is -1.11. The van der Waals surface area contributed by atoms with Gasteiger partial charge in [-0.05, 0) is 27.7 Å². The van der Waals surface area contributed by atoms with Crippen LogP contribution in [0.25, 0.3) is 0 Å². The summed E-state index contributed by atoms with van der Waals surface area (Å²) < 4.78 is 0. The number of hydrogen-bond acceptors (Lipinski definition) is 0. The molecule has 0 aliphatic heterocycles. The van der Waals surface area contributed by atoms with Crippen molar-refractivity contribution < 1.29 is 0 Å². The van der Waals surface area contributed by atoms with E-state index >= 15 is 0 Å². The predicted molar refractivity (Wildman–Crippen MR) is 61.2 cm³/mol. The molecule has 0 aromatic carbocycles. The fourth-order valence-electron chi connectivity index (χ4n) is 1.40. The molecule has 1 heteroatoms.